The van der Waals surface area contributed by atoms with Crippen LogP contribution in [0.15, 0.2) is 49.6 Å². The van der Waals surface area contributed by atoms with Crippen LogP contribution in [0.2, 0.25) is 0 Å². The summed E-state index contributed by atoms with van der Waals surface area (Å²) in [5.74, 6) is 0.764. The van der Waals surface area contributed by atoms with E-state index in [-0.39, 0.29) is 0 Å². The van der Waals surface area contributed by atoms with Crippen molar-refractivity contribution in [2.45, 2.75) is 120 Å². The lowest BCUT2D eigenvalue weighted by Crippen LogP contribution is -1.90. The largest absolute Gasteiger partial charge is 0.103 e. The molecule has 1 aromatic carbocycles. The second-order valence-electron chi connectivity index (χ2n) is 7.17. The van der Waals surface area contributed by atoms with Gasteiger partial charge in [-0.15, -0.1) is 13.2 Å². The van der Waals surface area contributed by atoms with Gasteiger partial charge in [-0.25, -0.2) is 0 Å². The fourth-order valence-corrected chi connectivity index (χ4v) is 1.87. The Hall–Kier alpha value is -1.30. The minimum absolute atomic E-state index is 0.764. The Balaban J connectivity index is -0.000000143. The molecule has 0 heteroatoms. The quantitative estimate of drug-likeness (QED) is 0.378. The molecule has 0 fully saturated rings. The van der Waals surface area contributed by atoms with Crippen LogP contribution in [0.25, 0.3) is 0 Å². The molecule has 1 aromatic rings. The number of hydrogen-bond acceptors (Lipinski definition) is 0. The summed E-state index contributed by atoms with van der Waals surface area (Å²) < 4.78 is 0. The molecule has 0 saturated heterocycles. The summed E-state index contributed by atoms with van der Waals surface area (Å²) in [7, 11) is 0. The number of rotatable bonds is 8. The van der Waals surface area contributed by atoms with E-state index >= 15 is 0 Å². The molecule has 0 saturated carbocycles. The molecule has 0 amide bonds. The fourth-order valence-electron chi connectivity index (χ4n) is 1.87. The maximum Gasteiger partial charge on any atom is -0.0239 e. The smallest absolute Gasteiger partial charge is 0.0239 e. The number of aryl methyl sites for hydroxylation is 2. The number of hydrogen-bond donors (Lipinski definition) is 0. The molecule has 172 valence electrons. The first-order chi connectivity index (χ1) is 13.9. The molecule has 1 unspecified atom stereocenters. The lowest BCUT2D eigenvalue weighted by molar-refractivity contribution is 0.564. The average molecular weight is 405 g/mol. The summed E-state index contributed by atoms with van der Waals surface area (Å²) in [5.41, 5.74) is 2.86. The SMILES string of the molecule is C=CC(CC)CCC.C=CCC.CCCC.CCCC.CCc1ccccc1C. The van der Waals surface area contributed by atoms with Gasteiger partial charge < -0.3 is 0 Å². The summed E-state index contributed by atoms with van der Waals surface area (Å²) in [6.07, 6.45) is 15.3. The highest BCUT2D eigenvalue weighted by molar-refractivity contribution is 5.24. The van der Waals surface area contributed by atoms with Gasteiger partial charge in [-0.05, 0) is 49.7 Å². The zero-order valence-corrected chi connectivity index (χ0v) is 21.8. The zero-order chi connectivity index (χ0) is 23.3. The van der Waals surface area contributed by atoms with Crippen molar-refractivity contribution in [3.05, 3.63) is 60.7 Å². The van der Waals surface area contributed by atoms with Gasteiger partial charge in [0, 0.05) is 0 Å². The number of allylic oxidation sites excluding steroid dienone is 2. The van der Waals surface area contributed by atoms with E-state index in [0.29, 0.717) is 0 Å². The third kappa shape index (κ3) is 34.6. The first-order valence-corrected chi connectivity index (χ1v) is 12.2. The standard InChI is InChI=1S/C9H12.C8H16.2C4H10.C4H8/c1-3-9-7-5-4-6-8(9)2;1-4-7-8(5-2)6-3;3*1-3-4-2/h4-7H,3H2,1-2H3;5,8H,2,4,6-7H2,1,3H3;2*3-4H2,1-2H3;3H,1,4H2,2H3. The summed E-state index contributed by atoms with van der Waals surface area (Å²) in [6, 6.07) is 8.49. The Bertz CT molecular complexity index is 394. The minimum atomic E-state index is 0.764. The molecule has 0 heterocycles. The highest BCUT2D eigenvalue weighted by atomic mass is 14.0. The Labute approximate surface area is 186 Å². The monoisotopic (exact) mass is 404 g/mol. The molecule has 0 spiro atoms. The molecular formula is C29H56. The first-order valence-electron chi connectivity index (χ1n) is 12.2. The maximum absolute atomic E-state index is 3.75. The van der Waals surface area contributed by atoms with Gasteiger partial charge in [-0.3, -0.25) is 0 Å². The third-order valence-electron chi connectivity index (χ3n) is 4.45. The van der Waals surface area contributed by atoms with Crippen molar-refractivity contribution < 1.29 is 0 Å². The van der Waals surface area contributed by atoms with Crippen LogP contribution in [-0.2, 0) is 6.42 Å². The van der Waals surface area contributed by atoms with Gasteiger partial charge in [0.05, 0.1) is 0 Å². The van der Waals surface area contributed by atoms with E-state index in [9.17, 15) is 0 Å². The summed E-state index contributed by atoms with van der Waals surface area (Å²) in [5, 5.41) is 0. The average Bonchev–Trinajstić information content (AvgIpc) is 2.78. The van der Waals surface area contributed by atoms with E-state index < -0.39 is 0 Å². The van der Waals surface area contributed by atoms with Crippen LogP contribution < -0.4 is 0 Å². The fraction of sp³-hybridized carbons (Fsp3) is 0.655. The van der Waals surface area contributed by atoms with E-state index in [0.717, 1.165) is 18.8 Å². The summed E-state index contributed by atoms with van der Waals surface area (Å²) >= 11 is 0. The molecule has 0 radical (unpaired) electrons. The second kappa shape index (κ2) is 34.2. The van der Waals surface area contributed by atoms with Crippen molar-refractivity contribution in [3.63, 3.8) is 0 Å². The molecule has 0 aliphatic heterocycles. The number of benzene rings is 1. The Kier molecular flexibility index (Phi) is 41.5. The molecule has 0 nitrogen and oxygen atoms in total. The van der Waals surface area contributed by atoms with Crippen LogP contribution in [0.1, 0.15) is 118 Å². The lowest BCUT2D eigenvalue weighted by Gasteiger charge is -2.04. The molecule has 1 rings (SSSR count). The molecule has 0 aliphatic carbocycles. The van der Waals surface area contributed by atoms with E-state index in [4.69, 9.17) is 0 Å². The van der Waals surface area contributed by atoms with E-state index in [1.54, 1.807) is 0 Å². The molecule has 0 aliphatic rings. The Morgan fingerprint density at radius 1 is 0.759 bits per heavy atom. The lowest BCUT2D eigenvalue weighted by atomic mass is 10.0. The van der Waals surface area contributed by atoms with Gasteiger partial charge in [-0.1, -0.05) is 124 Å². The van der Waals surface area contributed by atoms with Gasteiger partial charge in [-0.2, -0.15) is 0 Å². The van der Waals surface area contributed by atoms with Crippen molar-refractivity contribution in [2.75, 3.05) is 0 Å². The first kappa shape index (κ1) is 35.2. The Morgan fingerprint density at radius 3 is 1.38 bits per heavy atom. The minimum Gasteiger partial charge on any atom is -0.103 e. The Morgan fingerprint density at radius 2 is 1.21 bits per heavy atom. The zero-order valence-electron chi connectivity index (χ0n) is 21.8. The van der Waals surface area contributed by atoms with E-state index in [1.165, 1.54) is 56.1 Å². The predicted molar refractivity (Wildman–Crippen MR) is 141 cm³/mol. The van der Waals surface area contributed by atoms with Gasteiger partial charge in [0.15, 0.2) is 0 Å². The van der Waals surface area contributed by atoms with Gasteiger partial charge in [0.1, 0.15) is 0 Å². The normalized spacial score (nSPS) is 9.55. The summed E-state index contributed by atoms with van der Waals surface area (Å²) in [4.78, 5) is 0. The van der Waals surface area contributed by atoms with Gasteiger partial charge in [0.25, 0.3) is 0 Å². The highest BCUT2D eigenvalue weighted by Crippen LogP contribution is 2.10. The van der Waals surface area contributed by atoms with Gasteiger partial charge in [0.2, 0.25) is 0 Å². The summed E-state index contributed by atoms with van der Waals surface area (Å²) in [6.45, 7) is 26.8. The maximum atomic E-state index is 3.75. The van der Waals surface area contributed by atoms with Crippen molar-refractivity contribution in [2.24, 2.45) is 5.92 Å². The van der Waals surface area contributed by atoms with Crippen LogP contribution >= 0.6 is 0 Å². The van der Waals surface area contributed by atoms with Crippen LogP contribution in [0.5, 0.6) is 0 Å². The molecule has 1 atom stereocenters. The molecule has 0 N–H and O–H groups in total. The third-order valence-corrected chi connectivity index (χ3v) is 4.45. The van der Waals surface area contributed by atoms with Crippen molar-refractivity contribution in [1.29, 1.82) is 0 Å². The highest BCUT2D eigenvalue weighted by Gasteiger charge is 1.95. The van der Waals surface area contributed by atoms with Crippen molar-refractivity contribution in [3.8, 4) is 0 Å². The molecule has 0 aromatic heterocycles. The molecule has 29 heavy (non-hydrogen) atoms. The van der Waals surface area contributed by atoms with Gasteiger partial charge >= 0.3 is 0 Å². The van der Waals surface area contributed by atoms with Crippen LogP contribution in [0.4, 0.5) is 0 Å². The van der Waals surface area contributed by atoms with Crippen LogP contribution in [-0.4, -0.2) is 0 Å². The van der Waals surface area contributed by atoms with E-state index in [1.807, 2.05) is 6.08 Å². The molecule has 0 bridgehead atoms. The van der Waals surface area contributed by atoms with Crippen molar-refractivity contribution in [1.82, 2.24) is 0 Å². The number of unbranched alkanes of at least 4 members (excludes halogenated alkanes) is 2. The topological polar surface area (TPSA) is 0 Å². The van der Waals surface area contributed by atoms with Crippen LogP contribution in [0.3, 0.4) is 0 Å². The predicted octanol–water partition coefficient (Wildman–Crippen LogP) is 10.8. The van der Waals surface area contributed by atoms with Crippen LogP contribution in [0, 0.1) is 12.8 Å². The van der Waals surface area contributed by atoms with Crippen molar-refractivity contribution >= 4 is 0 Å². The van der Waals surface area contributed by atoms with E-state index in [2.05, 4.69) is 106 Å². The second-order valence-corrected chi connectivity index (χ2v) is 7.17. The molecular weight excluding hydrogens is 348 g/mol.